The van der Waals surface area contributed by atoms with Crippen molar-refractivity contribution in [3.05, 3.63) is 64.4 Å². The predicted molar refractivity (Wildman–Crippen MR) is 119 cm³/mol. The number of halogens is 2. The third-order valence-corrected chi connectivity index (χ3v) is 6.51. The molecule has 1 amide bonds. The van der Waals surface area contributed by atoms with Crippen LogP contribution >= 0.6 is 11.6 Å². The van der Waals surface area contributed by atoms with Crippen molar-refractivity contribution >= 4 is 23.2 Å². The summed E-state index contributed by atoms with van der Waals surface area (Å²) in [6, 6.07) is 12.7. The van der Waals surface area contributed by atoms with Crippen molar-refractivity contribution in [1.29, 1.82) is 0 Å². The molecule has 0 bridgehead atoms. The van der Waals surface area contributed by atoms with Crippen LogP contribution in [0.5, 0.6) is 0 Å². The Kier molecular flexibility index (Phi) is 6.59. The lowest BCUT2D eigenvalue weighted by Crippen LogP contribution is -2.52. The standard InChI is InChI=1S/C24H29ClFN3O/c1-18-4-7-21(25)15-23(18)28-11-13-29(14-12-28)24(30)20-3-2-10-27(17-20)16-19-5-8-22(26)9-6-19/h4-9,15,20H,2-3,10-14,16-17H2,1H3/t20-/m0/s1. The molecule has 2 heterocycles. The van der Waals surface area contributed by atoms with E-state index < -0.39 is 0 Å². The third-order valence-electron chi connectivity index (χ3n) is 6.28. The van der Waals surface area contributed by atoms with Crippen LogP contribution in [-0.2, 0) is 11.3 Å². The number of hydrogen-bond acceptors (Lipinski definition) is 3. The van der Waals surface area contributed by atoms with Crippen molar-refractivity contribution in [1.82, 2.24) is 9.80 Å². The Labute approximate surface area is 183 Å². The van der Waals surface area contributed by atoms with Crippen LogP contribution in [0.25, 0.3) is 0 Å². The van der Waals surface area contributed by atoms with E-state index in [0.29, 0.717) is 0 Å². The van der Waals surface area contributed by atoms with Gasteiger partial charge in [0.15, 0.2) is 0 Å². The van der Waals surface area contributed by atoms with Crippen molar-refractivity contribution in [3.8, 4) is 0 Å². The summed E-state index contributed by atoms with van der Waals surface area (Å²) < 4.78 is 13.1. The minimum Gasteiger partial charge on any atom is -0.368 e. The third kappa shape index (κ3) is 4.96. The molecule has 2 aromatic carbocycles. The Morgan fingerprint density at radius 3 is 2.53 bits per heavy atom. The van der Waals surface area contributed by atoms with Crippen LogP contribution in [0.4, 0.5) is 10.1 Å². The van der Waals surface area contributed by atoms with Crippen molar-refractivity contribution in [2.24, 2.45) is 5.92 Å². The maximum Gasteiger partial charge on any atom is 0.227 e. The van der Waals surface area contributed by atoms with E-state index >= 15 is 0 Å². The molecule has 0 spiro atoms. The van der Waals surface area contributed by atoms with Crippen LogP contribution in [0.2, 0.25) is 5.02 Å². The first-order valence-corrected chi connectivity index (χ1v) is 11.1. The van der Waals surface area contributed by atoms with Gasteiger partial charge in [-0.05, 0) is 61.7 Å². The molecular weight excluding hydrogens is 401 g/mol. The van der Waals surface area contributed by atoms with Gasteiger partial charge in [-0.15, -0.1) is 0 Å². The van der Waals surface area contributed by atoms with Gasteiger partial charge < -0.3 is 9.80 Å². The van der Waals surface area contributed by atoms with E-state index in [1.165, 1.54) is 17.7 Å². The molecule has 2 aliphatic rings. The maximum absolute atomic E-state index is 13.2. The van der Waals surface area contributed by atoms with Crippen LogP contribution < -0.4 is 4.90 Å². The average Bonchev–Trinajstić information content (AvgIpc) is 2.77. The van der Waals surface area contributed by atoms with Crippen LogP contribution in [0.3, 0.4) is 0 Å². The molecule has 2 aliphatic heterocycles. The van der Waals surface area contributed by atoms with Crippen LogP contribution in [0, 0.1) is 18.7 Å². The van der Waals surface area contributed by atoms with Crippen molar-refractivity contribution < 1.29 is 9.18 Å². The predicted octanol–water partition coefficient (Wildman–Crippen LogP) is 4.35. The van der Waals surface area contributed by atoms with E-state index in [0.717, 1.165) is 74.9 Å². The molecule has 4 rings (SSSR count). The molecule has 0 radical (unpaired) electrons. The quantitative estimate of drug-likeness (QED) is 0.723. The first-order valence-electron chi connectivity index (χ1n) is 10.8. The minimum absolute atomic E-state index is 0.0543. The van der Waals surface area contributed by atoms with E-state index in [-0.39, 0.29) is 17.6 Å². The Morgan fingerprint density at radius 2 is 1.80 bits per heavy atom. The van der Waals surface area contributed by atoms with Gasteiger partial charge in [-0.25, -0.2) is 4.39 Å². The van der Waals surface area contributed by atoms with Crippen molar-refractivity contribution in [2.75, 3.05) is 44.2 Å². The summed E-state index contributed by atoms with van der Waals surface area (Å²) in [5.74, 6) is 0.123. The maximum atomic E-state index is 13.2. The molecule has 0 aliphatic carbocycles. The molecule has 6 heteroatoms. The fourth-order valence-corrected chi connectivity index (χ4v) is 4.76. The molecular formula is C24H29ClFN3O. The molecule has 0 N–H and O–H groups in total. The fourth-order valence-electron chi connectivity index (χ4n) is 4.60. The molecule has 2 fully saturated rings. The Bertz CT molecular complexity index is 881. The molecule has 0 unspecified atom stereocenters. The van der Waals surface area contributed by atoms with Gasteiger partial charge in [0.25, 0.3) is 0 Å². The SMILES string of the molecule is Cc1ccc(Cl)cc1N1CCN(C(=O)[C@H]2CCCN(Cc3ccc(F)cc3)C2)CC1. The smallest absolute Gasteiger partial charge is 0.227 e. The number of carbonyl (C=O) groups is 1. The lowest BCUT2D eigenvalue weighted by Gasteiger charge is -2.40. The van der Waals surface area contributed by atoms with Gasteiger partial charge in [0.1, 0.15) is 5.82 Å². The lowest BCUT2D eigenvalue weighted by atomic mass is 9.95. The van der Waals surface area contributed by atoms with Gasteiger partial charge in [-0.1, -0.05) is 29.8 Å². The van der Waals surface area contributed by atoms with Gasteiger partial charge in [-0.2, -0.15) is 0 Å². The molecule has 0 aromatic heterocycles. The normalized spacial score (nSPS) is 20.4. The van der Waals surface area contributed by atoms with Crippen molar-refractivity contribution in [2.45, 2.75) is 26.3 Å². The topological polar surface area (TPSA) is 26.8 Å². The number of nitrogens with zero attached hydrogens (tertiary/aromatic N) is 3. The summed E-state index contributed by atoms with van der Waals surface area (Å²) in [5.41, 5.74) is 3.47. The van der Waals surface area contributed by atoms with Gasteiger partial charge in [0, 0.05) is 50.0 Å². The first-order chi connectivity index (χ1) is 14.5. The number of piperidine rings is 1. The van der Waals surface area contributed by atoms with E-state index in [1.54, 1.807) is 0 Å². The summed E-state index contributed by atoms with van der Waals surface area (Å²) in [6.45, 7) is 7.80. The number of likely N-dealkylation sites (tertiary alicyclic amines) is 1. The summed E-state index contributed by atoms with van der Waals surface area (Å²) in [7, 11) is 0. The number of benzene rings is 2. The molecule has 160 valence electrons. The minimum atomic E-state index is -0.211. The first kappa shape index (κ1) is 21.1. The highest BCUT2D eigenvalue weighted by Gasteiger charge is 2.31. The Balaban J connectivity index is 1.32. The number of hydrogen-bond donors (Lipinski definition) is 0. The highest BCUT2D eigenvalue weighted by Crippen LogP contribution is 2.26. The van der Waals surface area contributed by atoms with Gasteiger partial charge in [0.2, 0.25) is 5.91 Å². The zero-order chi connectivity index (χ0) is 21.1. The summed E-state index contributed by atoms with van der Waals surface area (Å²) >= 11 is 6.18. The summed E-state index contributed by atoms with van der Waals surface area (Å²) in [4.78, 5) is 19.9. The second-order valence-corrected chi connectivity index (χ2v) is 8.88. The molecule has 0 saturated carbocycles. The molecule has 2 saturated heterocycles. The molecule has 2 aromatic rings. The summed E-state index contributed by atoms with van der Waals surface area (Å²) in [5, 5.41) is 0.748. The second-order valence-electron chi connectivity index (χ2n) is 8.44. The van der Waals surface area contributed by atoms with E-state index in [4.69, 9.17) is 11.6 Å². The highest BCUT2D eigenvalue weighted by atomic mass is 35.5. The zero-order valence-corrected chi connectivity index (χ0v) is 18.2. The molecule has 4 nitrogen and oxygen atoms in total. The van der Waals surface area contributed by atoms with Crippen LogP contribution in [0.15, 0.2) is 42.5 Å². The highest BCUT2D eigenvalue weighted by molar-refractivity contribution is 6.30. The zero-order valence-electron chi connectivity index (χ0n) is 17.5. The van der Waals surface area contributed by atoms with Gasteiger partial charge in [0.05, 0.1) is 5.92 Å². The fraction of sp³-hybridized carbons (Fsp3) is 0.458. The number of anilines is 1. The van der Waals surface area contributed by atoms with Crippen LogP contribution in [0.1, 0.15) is 24.0 Å². The van der Waals surface area contributed by atoms with Crippen LogP contribution in [-0.4, -0.2) is 55.0 Å². The second kappa shape index (κ2) is 9.36. The number of rotatable bonds is 4. The summed E-state index contributed by atoms with van der Waals surface area (Å²) in [6.07, 6.45) is 1.98. The lowest BCUT2D eigenvalue weighted by molar-refractivity contribution is -0.137. The largest absolute Gasteiger partial charge is 0.368 e. The molecule has 1 atom stereocenters. The Hall–Kier alpha value is -2.11. The van der Waals surface area contributed by atoms with Gasteiger partial charge in [-0.3, -0.25) is 9.69 Å². The monoisotopic (exact) mass is 429 g/mol. The Morgan fingerprint density at radius 1 is 1.07 bits per heavy atom. The van der Waals surface area contributed by atoms with Crippen molar-refractivity contribution in [3.63, 3.8) is 0 Å². The average molecular weight is 430 g/mol. The number of amides is 1. The number of aryl methyl sites for hydroxylation is 1. The number of piperazine rings is 1. The van der Waals surface area contributed by atoms with E-state index in [1.807, 2.05) is 35.2 Å². The number of carbonyl (C=O) groups excluding carboxylic acids is 1. The van der Waals surface area contributed by atoms with Gasteiger partial charge >= 0.3 is 0 Å². The molecule has 30 heavy (non-hydrogen) atoms. The van der Waals surface area contributed by atoms with E-state index in [9.17, 15) is 9.18 Å². The van der Waals surface area contributed by atoms with E-state index in [2.05, 4.69) is 16.7 Å².